The molecule has 0 bridgehead atoms. The minimum atomic E-state index is -0.629. The molecule has 1 aliphatic rings. The highest BCUT2D eigenvalue weighted by molar-refractivity contribution is 5.56. The maximum absolute atomic E-state index is 9.60. The number of nitrogens with one attached hydrogen (secondary N) is 1. The number of benzene rings is 1. The monoisotopic (exact) mass is 278 g/mol. The number of anilines is 1. The highest BCUT2D eigenvalue weighted by atomic mass is 16.3. The number of aryl methyl sites for hydroxylation is 2. The van der Waals surface area contributed by atoms with Crippen LogP contribution in [0.1, 0.15) is 24.0 Å². The Kier molecular flexibility index (Phi) is 5.40. The summed E-state index contributed by atoms with van der Waals surface area (Å²) in [4.78, 5) is 2.28. The van der Waals surface area contributed by atoms with Gasteiger partial charge in [0.15, 0.2) is 0 Å². The first-order valence-corrected chi connectivity index (χ1v) is 7.45. The number of hydrogen-bond acceptors (Lipinski definition) is 4. The van der Waals surface area contributed by atoms with Gasteiger partial charge in [-0.15, -0.1) is 0 Å². The molecular formula is C16H26N2O2. The van der Waals surface area contributed by atoms with Gasteiger partial charge in [0.25, 0.3) is 0 Å². The van der Waals surface area contributed by atoms with Crippen molar-refractivity contribution in [3.63, 3.8) is 0 Å². The van der Waals surface area contributed by atoms with Gasteiger partial charge < -0.3 is 15.5 Å². The van der Waals surface area contributed by atoms with Crippen LogP contribution in [0.3, 0.4) is 0 Å². The zero-order chi connectivity index (χ0) is 14.5. The second-order valence-electron chi connectivity index (χ2n) is 5.78. The summed E-state index contributed by atoms with van der Waals surface area (Å²) >= 11 is 0. The molecule has 2 atom stereocenters. The molecule has 1 aromatic rings. The van der Waals surface area contributed by atoms with Crippen molar-refractivity contribution in [1.29, 1.82) is 0 Å². The van der Waals surface area contributed by atoms with Gasteiger partial charge in [0.05, 0.1) is 12.7 Å². The molecule has 0 aliphatic carbocycles. The van der Waals surface area contributed by atoms with E-state index >= 15 is 0 Å². The number of aliphatic hydroxyl groups excluding tert-OH is 2. The minimum absolute atomic E-state index is 0.159. The van der Waals surface area contributed by atoms with Crippen LogP contribution in [0.4, 0.5) is 5.69 Å². The number of para-hydroxylation sites is 1. The summed E-state index contributed by atoms with van der Waals surface area (Å²) in [5, 5.41) is 22.1. The van der Waals surface area contributed by atoms with Crippen molar-refractivity contribution in [3.05, 3.63) is 29.3 Å². The lowest BCUT2D eigenvalue weighted by Gasteiger charge is -2.27. The van der Waals surface area contributed by atoms with Gasteiger partial charge in [-0.1, -0.05) is 18.2 Å². The number of hydrogen-bond donors (Lipinski definition) is 3. The number of aliphatic hydroxyl groups is 2. The van der Waals surface area contributed by atoms with Crippen molar-refractivity contribution in [2.75, 3.05) is 31.6 Å². The van der Waals surface area contributed by atoms with Crippen LogP contribution in [0.5, 0.6) is 0 Å². The van der Waals surface area contributed by atoms with E-state index in [-0.39, 0.29) is 6.61 Å². The summed E-state index contributed by atoms with van der Waals surface area (Å²) in [6.45, 7) is 6.55. The topological polar surface area (TPSA) is 55.7 Å². The summed E-state index contributed by atoms with van der Waals surface area (Å²) in [6, 6.07) is 6.76. The normalized spacial score (nSPS) is 21.1. The predicted molar refractivity (Wildman–Crippen MR) is 82.1 cm³/mol. The van der Waals surface area contributed by atoms with Crippen LogP contribution < -0.4 is 5.32 Å². The van der Waals surface area contributed by atoms with Crippen molar-refractivity contribution in [2.24, 2.45) is 0 Å². The average Bonchev–Trinajstić information content (AvgIpc) is 2.85. The van der Waals surface area contributed by atoms with Crippen molar-refractivity contribution in [2.45, 2.75) is 38.8 Å². The van der Waals surface area contributed by atoms with Crippen molar-refractivity contribution in [3.8, 4) is 0 Å². The molecule has 2 rings (SSSR count). The zero-order valence-electron chi connectivity index (χ0n) is 12.5. The van der Waals surface area contributed by atoms with Gasteiger partial charge in [0.2, 0.25) is 0 Å². The molecular weight excluding hydrogens is 252 g/mol. The molecule has 20 heavy (non-hydrogen) atoms. The van der Waals surface area contributed by atoms with Gasteiger partial charge in [-0.25, -0.2) is 0 Å². The van der Waals surface area contributed by atoms with Crippen LogP contribution in [0.25, 0.3) is 0 Å². The first kappa shape index (κ1) is 15.3. The van der Waals surface area contributed by atoms with Gasteiger partial charge in [-0.3, -0.25) is 4.90 Å². The quantitative estimate of drug-likeness (QED) is 0.739. The molecule has 112 valence electrons. The van der Waals surface area contributed by atoms with Gasteiger partial charge >= 0.3 is 0 Å². The third-order valence-electron chi connectivity index (χ3n) is 4.15. The van der Waals surface area contributed by atoms with Gasteiger partial charge in [-0.05, 0) is 44.4 Å². The summed E-state index contributed by atoms with van der Waals surface area (Å²) < 4.78 is 0. The maximum atomic E-state index is 9.60. The fourth-order valence-electron chi connectivity index (χ4n) is 3.01. The molecule has 0 aromatic heterocycles. The first-order chi connectivity index (χ1) is 9.61. The smallest absolute Gasteiger partial charge is 0.0897 e. The van der Waals surface area contributed by atoms with E-state index in [0.29, 0.717) is 12.6 Å². The van der Waals surface area contributed by atoms with Gasteiger partial charge in [0.1, 0.15) is 0 Å². The predicted octanol–water partition coefficient (Wildman–Crippen LogP) is 1.53. The van der Waals surface area contributed by atoms with Crippen molar-refractivity contribution >= 4 is 5.69 Å². The molecule has 0 spiro atoms. The lowest BCUT2D eigenvalue weighted by molar-refractivity contribution is 0.0567. The fraction of sp³-hybridized carbons (Fsp3) is 0.625. The van der Waals surface area contributed by atoms with Gasteiger partial charge in [0, 0.05) is 24.8 Å². The molecule has 4 heteroatoms. The Balaban J connectivity index is 1.92. The van der Waals surface area contributed by atoms with E-state index in [1.165, 1.54) is 16.8 Å². The molecule has 4 nitrogen and oxygen atoms in total. The molecule has 1 saturated heterocycles. The van der Waals surface area contributed by atoms with Crippen molar-refractivity contribution in [1.82, 2.24) is 4.90 Å². The molecule has 3 N–H and O–H groups in total. The molecule has 0 amide bonds. The Morgan fingerprint density at radius 2 is 2.05 bits per heavy atom. The molecule has 1 heterocycles. The van der Waals surface area contributed by atoms with Crippen LogP contribution in [0.15, 0.2) is 18.2 Å². The SMILES string of the molecule is Cc1cccc(C)c1NC[C@@H]1CCCN1CC(O)CO. The van der Waals surface area contributed by atoms with Crippen LogP contribution >= 0.6 is 0 Å². The Labute approximate surface area is 121 Å². The van der Waals surface area contributed by atoms with E-state index in [1.807, 2.05) is 0 Å². The third kappa shape index (κ3) is 3.72. The zero-order valence-corrected chi connectivity index (χ0v) is 12.5. The van der Waals surface area contributed by atoms with E-state index in [2.05, 4.69) is 42.3 Å². The summed E-state index contributed by atoms with van der Waals surface area (Å²) in [7, 11) is 0. The van der Waals surface area contributed by atoms with Crippen molar-refractivity contribution < 1.29 is 10.2 Å². The molecule has 1 unspecified atom stereocenters. The first-order valence-electron chi connectivity index (χ1n) is 7.45. The molecule has 1 aliphatic heterocycles. The largest absolute Gasteiger partial charge is 0.394 e. The second kappa shape index (κ2) is 7.07. The minimum Gasteiger partial charge on any atom is -0.394 e. The third-order valence-corrected chi connectivity index (χ3v) is 4.15. The van der Waals surface area contributed by atoms with E-state index in [0.717, 1.165) is 25.9 Å². The standard InChI is InChI=1S/C16H26N2O2/c1-12-5-3-6-13(2)16(12)17-9-14-7-4-8-18(14)10-15(20)11-19/h3,5-6,14-15,17,19-20H,4,7-11H2,1-2H3/t14-,15?/m0/s1. The number of nitrogens with zero attached hydrogens (tertiary/aromatic N) is 1. The molecule has 0 radical (unpaired) electrons. The number of likely N-dealkylation sites (tertiary alicyclic amines) is 1. The Hall–Kier alpha value is -1.10. The Morgan fingerprint density at radius 3 is 2.70 bits per heavy atom. The molecule has 1 aromatic carbocycles. The highest BCUT2D eigenvalue weighted by Gasteiger charge is 2.25. The van der Waals surface area contributed by atoms with E-state index in [1.54, 1.807) is 0 Å². The molecule has 0 saturated carbocycles. The van der Waals surface area contributed by atoms with Crippen LogP contribution in [0.2, 0.25) is 0 Å². The fourth-order valence-corrected chi connectivity index (χ4v) is 3.01. The second-order valence-corrected chi connectivity index (χ2v) is 5.78. The summed E-state index contributed by atoms with van der Waals surface area (Å²) in [6.07, 6.45) is 1.68. The van der Waals surface area contributed by atoms with E-state index in [9.17, 15) is 5.11 Å². The van der Waals surface area contributed by atoms with Crippen LogP contribution in [0, 0.1) is 13.8 Å². The average molecular weight is 278 g/mol. The number of β-amino-alcohol motifs (C(OH)–C–C–N with tert-alkyl or cyclic N) is 1. The van der Waals surface area contributed by atoms with Crippen LogP contribution in [-0.4, -0.2) is 53.5 Å². The maximum Gasteiger partial charge on any atom is 0.0897 e. The Bertz CT molecular complexity index is 416. The lowest BCUT2D eigenvalue weighted by atomic mass is 10.1. The van der Waals surface area contributed by atoms with Crippen LogP contribution in [-0.2, 0) is 0 Å². The highest BCUT2D eigenvalue weighted by Crippen LogP contribution is 2.22. The van der Waals surface area contributed by atoms with Gasteiger partial charge in [-0.2, -0.15) is 0 Å². The number of rotatable bonds is 6. The summed E-state index contributed by atoms with van der Waals surface area (Å²) in [5.74, 6) is 0. The molecule has 1 fully saturated rings. The Morgan fingerprint density at radius 1 is 1.35 bits per heavy atom. The van der Waals surface area contributed by atoms with E-state index in [4.69, 9.17) is 5.11 Å². The summed E-state index contributed by atoms with van der Waals surface area (Å²) in [5.41, 5.74) is 3.76. The lowest BCUT2D eigenvalue weighted by Crippen LogP contribution is -2.41. The van der Waals surface area contributed by atoms with E-state index < -0.39 is 6.10 Å².